The monoisotopic (exact) mass is 333 g/mol. The first-order valence-corrected chi connectivity index (χ1v) is 7.77. The first-order chi connectivity index (χ1) is 9.72. The van der Waals surface area contributed by atoms with E-state index in [4.69, 9.17) is 0 Å². The first kappa shape index (κ1) is 13.6. The van der Waals surface area contributed by atoms with Gasteiger partial charge in [-0.05, 0) is 48.7 Å². The molecular weight excluding hydrogens is 317 g/mol. The van der Waals surface area contributed by atoms with Crippen LogP contribution in [-0.4, -0.2) is 13.1 Å². The fourth-order valence-corrected chi connectivity index (χ4v) is 3.33. The van der Waals surface area contributed by atoms with Crippen LogP contribution in [0.4, 0.5) is 10.1 Å². The molecule has 2 aromatic rings. The van der Waals surface area contributed by atoms with Crippen molar-refractivity contribution in [2.45, 2.75) is 18.8 Å². The Kier molecular flexibility index (Phi) is 4.06. The smallest absolute Gasteiger partial charge is 0.125 e. The van der Waals surface area contributed by atoms with E-state index in [1.54, 1.807) is 12.1 Å². The van der Waals surface area contributed by atoms with Gasteiger partial charge in [0.15, 0.2) is 0 Å². The van der Waals surface area contributed by atoms with Crippen LogP contribution < -0.4 is 4.90 Å². The van der Waals surface area contributed by atoms with Crippen LogP contribution in [0.5, 0.6) is 0 Å². The molecule has 1 aliphatic heterocycles. The van der Waals surface area contributed by atoms with Gasteiger partial charge in [0.1, 0.15) is 5.82 Å². The van der Waals surface area contributed by atoms with Crippen molar-refractivity contribution < 1.29 is 4.39 Å². The standard InChI is InChI=1S/C17H17BrFN/c18-15-6-1-4-13(10-15)14-5-3-9-20(12-14)17-8-2-7-16(19)11-17/h1-2,4,6-8,10-11,14H,3,5,9,12H2. The van der Waals surface area contributed by atoms with Gasteiger partial charge in [-0.25, -0.2) is 4.39 Å². The van der Waals surface area contributed by atoms with E-state index in [0.717, 1.165) is 29.7 Å². The van der Waals surface area contributed by atoms with E-state index in [1.807, 2.05) is 6.07 Å². The van der Waals surface area contributed by atoms with Crippen molar-refractivity contribution >= 4 is 21.6 Å². The Balaban J connectivity index is 1.80. The van der Waals surface area contributed by atoms with E-state index in [1.165, 1.54) is 18.1 Å². The predicted octanol–water partition coefficient (Wildman–Crippen LogP) is 4.97. The minimum atomic E-state index is -0.160. The van der Waals surface area contributed by atoms with Crippen LogP contribution in [0.25, 0.3) is 0 Å². The van der Waals surface area contributed by atoms with Gasteiger partial charge in [0.05, 0.1) is 0 Å². The molecule has 0 aromatic heterocycles. The zero-order valence-electron chi connectivity index (χ0n) is 11.2. The molecule has 0 spiro atoms. The maximum absolute atomic E-state index is 13.4. The van der Waals surface area contributed by atoms with Crippen LogP contribution >= 0.6 is 15.9 Å². The average Bonchev–Trinajstić information content (AvgIpc) is 2.47. The molecule has 1 heterocycles. The van der Waals surface area contributed by atoms with Crippen molar-refractivity contribution in [3.8, 4) is 0 Å². The Morgan fingerprint density at radius 2 is 1.95 bits per heavy atom. The molecular formula is C17H17BrFN. The summed E-state index contributed by atoms with van der Waals surface area (Å²) in [6.07, 6.45) is 2.34. The van der Waals surface area contributed by atoms with Gasteiger partial charge in [-0.2, -0.15) is 0 Å². The maximum atomic E-state index is 13.4. The van der Waals surface area contributed by atoms with Crippen molar-refractivity contribution in [2.75, 3.05) is 18.0 Å². The third-order valence-electron chi connectivity index (χ3n) is 3.91. The van der Waals surface area contributed by atoms with Crippen molar-refractivity contribution in [3.63, 3.8) is 0 Å². The molecule has 1 atom stereocenters. The molecule has 1 aliphatic rings. The van der Waals surface area contributed by atoms with Gasteiger partial charge in [-0.3, -0.25) is 0 Å². The fourth-order valence-electron chi connectivity index (χ4n) is 2.92. The minimum Gasteiger partial charge on any atom is -0.371 e. The van der Waals surface area contributed by atoms with Gasteiger partial charge < -0.3 is 4.90 Å². The third-order valence-corrected chi connectivity index (χ3v) is 4.41. The van der Waals surface area contributed by atoms with Crippen molar-refractivity contribution in [3.05, 3.63) is 64.4 Å². The van der Waals surface area contributed by atoms with Crippen LogP contribution in [0.2, 0.25) is 0 Å². The van der Waals surface area contributed by atoms with Gasteiger partial charge in [0, 0.05) is 29.2 Å². The lowest BCUT2D eigenvalue weighted by Gasteiger charge is -2.34. The van der Waals surface area contributed by atoms with Crippen LogP contribution in [0, 0.1) is 5.82 Å². The molecule has 1 unspecified atom stereocenters. The molecule has 0 saturated carbocycles. The van der Waals surface area contributed by atoms with Crippen LogP contribution in [-0.2, 0) is 0 Å². The summed E-state index contributed by atoms with van der Waals surface area (Å²) in [6.45, 7) is 1.97. The highest BCUT2D eigenvalue weighted by Crippen LogP contribution is 2.31. The van der Waals surface area contributed by atoms with Crippen molar-refractivity contribution in [1.82, 2.24) is 0 Å². The average molecular weight is 334 g/mol. The van der Waals surface area contributed by atoms with Crippen molar-refractivity contribution in [2.24, 2.45) is 0 Å². The van der Waals surface area contributed by atoms with Crippen molar-refractivity contribution in [1.29, 1.82) is 0 Å². The number of halogens is 2. The SMILES string of the molecule is Fc1cccc(N2CCCC(c3cccc(Br)c3)C2)c1. The van der Waals surface area contributed by atoms with E-state index in [2.05, 4.69) is 45.1 Å². The molecule has 2 aromatic carbocycles. The highest BCUT2D eigenvalue weighted by molar-refractivity contribution is 9.10. The molecule has 0 aliphatic carbocycles. The van der Waals surface area contributed by atoms with Gasteiger partial charge >= 0.3 is 0 Å². The molecule has 1 saturated heterocycles. The topological polar surface area (TPSA) is 3.24 Å². The van der Waals surface area contributed by atoms with Gasteiger partial charge in [0.2, 0.25) is 0 Å². The molecule has 0 N–H and O–H groups in total. The summed E-state index contributed by atoms with van der Waals surface area (Å²) in [7, 11) is 0. The van der Waals surface area contributed by atoms with Crippen LogP contribution in [0.1, 0.15) is 24.3 Å². The normalized spacial score (nSPS) is 19.1. The zero-order valence-corrected chi connectivity index (χ0v) is 12.8. The highest BCUT2D eigenvalue weighted by Gasteiger charge is 2.21. The van der Waals surface area contributed by atoms with E-state index in [0.29, 0.717) is 5.92 Å². The van der Waals surface area contributed by atoms with Gasteiger partial charge in [-0.1, -0.05) is 34.1 Å². The highest BCUT2D eigenvalue weighted by atomic mass is 79.9. The second-order valence-electron chi connectivity index (χ2n) is 5.32. The summed E-state index contributed by atoms with van der Waals surface area (Å²) in [4.78, 5) is 2.29. The van der Waals surface area contributed by atoms with Gasteiger partial charge in [0.25, 0.3) is 0 Å². The molecule has 0 radical (unpaired) electrons. The number of hydrogen-bond acceptors (Lipinski definition) is 1. The molecule has 0 bridgehead atoms. The second kappa shape index (κ2) is 5.96. The van der Waals surface area contributed by atoms with Gasteiger partial charge in [-0.15, -0.1) is 0 Å². The molecule has 104 valence electrons. The lowest BCUT2D eigenvalue weighted by Crippen LogP contribution is -2.34. The fraction of sp³-hybridized carbons (Fsp3) is 0.294. The summed E-state index contributed by atoms with van der Waals surface area (Å²) in [5.74, 6) is 0.358. The quantitative estimate of drug-likeness (QED) is 0.749. The summed E-state index contributed by atoms with van der Waals surface area (Å²) in [5.41, 5.74) is 2.35. The Labute approximate surface area is 127 Å². The van der Waals surface area contributed by atoms with E-state index < -0.39 is 0 Å². The lowest BCUT2D eigenvalue weighted by atomic mass is 9.90. The molecule has 3 heteroatoms. The molecule has 3 rings (SSSR count). The largest absolute Gasteiger partial charge is 0.371 e. The summed E-state index contributed by atoms with van der Waals surface area (Å²) >= 11 is 3.54. The summed E-state index contributed by atoms with van der Waals surface area (Å²) in [5, 5.41) is 0. The van der Waals surface area contributed by atoms with E-state index >= 15 is 0 Å². The summed E-state index contributed by atoms with van der Waals surface area (Å²) in [6, 6.07) is 15.4. The predicted molar refractivity (Wildman–Crippen MR) is 84.7 cm³/mol. The Hall–Kier alpha value is -1.35. The maximum Gasteiger partial charge on any atom is 0.125 e. The second-order valence-corrected chi connectivity index (χ2v) is 6.24. The Bertz CT molecular complexity index is 548. The number of nitrogens with zero attached hydrogens (tertiary/aromatic N) is 1. The number of rotatable bonds is 2. The number of hydrogen-bond donors (Lipinski definition) is 0. The first-order valence-electron chi connectivity index (χ1n) is 6.98. The number of benzene rings is 2. The Morgan fingerprint density at radius 1 is 1.10 bits per heavy atom. The van der Waals surface area contributed by atoms with Crippen LogP contribution in [0.3, 0.4) is 0 Å². The minimum absolute atomic E-state index is 0.160. The molecule has 1 fully saturated rings. The summed E-state index contributed by atoms with van der Waals surface area (Å²) < 4.78 is 14.5. The van der Waals surface area contributed by atoms with E-state index in [-0.39, 0.29) is 5.82 Å². The number of anilines is 1. The molecule has 0 amide bonds. The third kappa shape index (κ3) is 3.04. The molecule has 1 nitrogen and oxygen atoms in total. The van der Waals surface area contributed by atoms with E-state index in [9.17, 15) is 4.39 Å². The lowest BCUT2D eigenvalue weighted by molar-refractivity contribution is 0.509. The van der Waals surface area contributed by atoms with Crippen LogP contribution in [0.15, 0.2) is 53.0 Å². The Morgan fingerprint density at radius 3 is 2.75 bits per heavy atom. The molecule has 20 heavy (non-hydrogen) atoms. The number of piperidine rings is 1. The zero-order chi connectivity index (χ0) is 13.9.